The van der Waals surface area contributed by atoms with Crippen LogP contribution in [-0.4, -0.2) is 31.0 Å². The minimum Gasteiger partial charge on any atom is -0.325 e. The lowest BCUT2D eigenvalue weighted by atomic mass is 9.81. The molecular formula is C18H25FN2O3. The predicted octanol–water partition coefficient (Wildman–Crippen LogP) is 3.61. The van der Waals surface area contributed by atoms with Gasteiger partial charge in [0.05, 0.1) is 18.4 Å². The van der Waals surface area contributed by atoms with Gasteiger partial charge in [0, 0.05) is 13.5 Å². The Bertz CT molecular complexity index is 606. The molecule has 5 nitrogen and oxygen atoms in total. The first-order valence-corrected chi connectivity index (χ1v) is 8.32. The molecule has 0 heterocycles. The summed E-state index contributed by atoms with van der Waals surface area (Å²) in [6.45, 7) is 2.21. The summed E-state index contributed by atoms with van der Waals surface area (Å²) in [6.07, 6.45) is 4.90. The van der Waals surface area contributed by atoms with Crippen LogP contribution in [0.25, 0.3) is 0 Å². The van der Waals surface area contributed by atoms with Crippen molar-refractivity contribution in [1.29, 1.82) is 0 Å². The Hall–Kier alpha value is -1.95. The third kappa shape index (κ3) is 4.77. The second-order valence-electron chi connectivity index (χ2n) is 6.57. The van der Waals surface area contributed by atoms with Crippen molar-refractivity contribution in [3.8, 4) is 0 Å². The third-order valence-corrected chi connectivity index (χ3v) is 4.57. The van der Waals surface area contributed by atoms with Gasteiger partial charge in [0.1, 0.15) is 5.82 Å². The highest BCUT2D eigenvalue weighted by molar-refractivity contribution is 6.03. The minimum atomic E-state index is -0.540. The van der Waals surface area contributed by atoms with Gasteiger partial charge in [0.2, 0.25) is 5.91 Å². The number of halogens is 1. The quantitative estimate of drug-likeness (QED) is 0.836. The van der Waals surface area contributed by atoms with Gasteiger partial charge in [0.25, 0.3) is 5.91 Å². The minimum absolute atomic E-state index is 0.0738. The molecule has 1 saturated carbocycles. The number of carbonyl (C=O) groups is 2. The molecule has 2 atom stereocenters. The number of carbonyl (C=O) groups excluding carboxylic acids is 2. The summed E-state index contributed by atoms with van der Waals surface area (Å²) in [5, 5.41) is 3.74. The molecular weight excluding hydrogens is 311 g/mol. The topological polar surface area (TPSA) is 58.6 Å². The average molecular weight is 336 g/mol. The molecule has 1 fully saturated rings. The van der Waals surface area contributed by atoms with Gasteiger partial charge in [-0.25, -0.2) is 9.45 Å². The van der Waals surface area contributed by atoms with Crippen LogP contribution in [0.5, 0.6) is 0 Å². The molecule has 0 aliphatic heterocycles. The molecule has 1 aromatic rings. The van der Waals surface area contributed by atoms with Crippen LogP contribution in [0.4, 0.5) is 10.1 Å². The number of anilines is 1. The van der Waals surface area contributed by atoms with Crippen LogP contribution in [0.15, 0.2) is 18.2 Å². The van der Waals surface area contributed by atoms with Gasteiger partial charge in [-0.05, 0) is 42.9 Å². The Balaban J connectivity index is 2.08. The fraction of sp³-hybridized carbons (Fsp3) is 0.556. The summed E-state index contributed by atoms with van der Waals surface area (Å²) in [4.78, 5) is 29.4. The fourth-order valence-electron chi connectivity index (χ4n) is 3.26. The van der Waals surface area contributed by atoms with E-state index in [-0.39, 0.29) is 11.5 Å². The SMILES string of the molecule is CON(C)C(=O)c1cc(F)ccc1NC(=O)CC1CCCC(C)C1. The molecule has 0 saturated heterocycles. The first kappa shape index (κ1) is 18.4. The number of hydrogen-bond acceptors (Lipinski definition) is 3. The van der Waals surface area contributed by atoms with Gasteiger partial charge in [-0.15, -0.1) is 0 Å². The average Bonchev–Trinajstić information content (AvgIpc) is 2.55. The van der Waals surface area contributed by atoms with E-state index in [1.54, 1.807) is 0 Å². The highest BCUT2D eigenvalue weighted by atomic mass is 19.1. The highest BCUT2D eigenvalue weighted by Crippen LogP contribution is 2.31. The molecule has 1 N–H and O–H groups in total. The summed E-state index contributed by atoms with van der Waals surface area (Å²) in [7, 11) is 2.78. The molecule has 1 aromatic carbocycles. The van der Waals surface area contributed by atoms with Crippen molar-refractivity contribution in [3.63, 3.8) is 0 Å². The first-order chi connectivity index (χ1) is 11.4. The molecule has 2 unspecified atom stereocenters. The number of amides is 2. The van der Waals surface area contributed by atoms with E-state index in [9.17, 15) is 14.0 Å². The van der Waals surface area contributed by atoms with Crippen LogP contribution in [0.3, 0.4) is 0 Å². The van der Waals surface area contributed by atoms with Gasteiger partial charge < -0.3 is 5.32 Å². The lowest BCUT2D eigenvalue weighted by molar-refractivity contribution is -0.117. The van der Waals surface area contributed by atoms with Crippen molar-refractivity contribution in [2.45, 2.75) is 39.0 Å². The van der Waals surface area contributed by atoms with E-state index in [0.29, 0.717) is 23.9 Å². The molecule has 1 aliphatic carbocycles. The Morgan fingerprint density at radius 1 is 1.38 bits per heavy atom. The van der Waals surface area contributed by atoms with E-state index in [4.69, 9.17) is 4.84 Å². The number of nitrogens with zero attached hydrogens (tertiary/aromatic N) is 1. The summed E-state index contributed by atoms with van der Waals surface area (Å²) in [6, 6.07) is 3.74. The molecule has 24 heavy (non-hydrogen) atoms. The molecule has 2 rings (SSSR count). The van der Waals surface area contributed by atoms with E-state index in [0.717, 1.165) is 30.4 Å². The van der Waals surface area contributed by atoms with Crippen molar-refractivity contribution in [2.75, 3.05) is 19.5 Å². The zero-order chi connectivity index (χ0) is 17.7. The summed E-state index contributed by atoms with van der Waals surface area (Å²) in [5.41, 5.74) is 0.379. The van der Waals surface area contributed by atoms with E-state index < -0.39 is 11.7 Å². The van der Waals surface area contributed by atoms with Crippen LogP contribution in [0.2, 0.25) is 0 Å². The van der Waals surface area contributed by atoms with E-state index in [2.05, 4.69) is 12.2 Å². The summed E-state index contributed by atoms with van der Waals surface area (Å²) >= 11 is 0. The monoisotopic (exact) mass is 336 g/mol. The molecule has 0 bridgehead atoms. The van der Waals surface area contributed by atoms with Crippen molar-refractivity contribution >= 4 is 17.5 Å². The normalized spacial score (nSPS) is 20.5. The van der Waals surface area contributed by atoms with Crippen LogP contribution >= 0.6 is 0 Å². The van der Waals surface area contributed by atoms with Crippen molar-refractivity contribution < 1.29 is 18.8 Å². The number of benzene rings is 1. The third-order valence-electron chi connectivity index (χ3n) is 4.57. The Labute approximate surface area is 142 Å². The molecule has 0 aromatic heterocycles. The van der Waals surface area contributed by atoms with Crippen molar-refractivity contribution in [2.24, 2.45) is 11.8 Å². The molecule has 1 aliphatic rings. The predicted molar refractivity (Wildman–Crippen MR) is 89.9 cm³/mol. The smallest absolute Gasteiger partial charge is 0.279 e. The fourth-order valence-corrected chi connectivity index (χ4v) is 3.26. The summed E-state index contributed by atoms with van der Waals surface area (Å²) in [5.74, 6) is -0.180. The van der Waals surface area contributed by atoms with Gasteiger partial charge in [-0.1, -0.05) is 19.8 Å². The van der Waals surface area contributed by atoms with Gasteiger partial charge >= 0.3 is 0 Å². The Morgan fingerprint density at radius 2 is 2.12 bits per heavy atom. The van der Waals surface area contributed by atoms with Crippen molar-refractivity contribution in [3.05, 3.63) is 29.6 Å². The van der Waals surface area contributed by atoms with Crippen LogP contribution < -0.4 is 5.32 Å². The number of rotatable bonds is 5. The molecule has 2 amide bonds. The van der Waals surface area contributed by atoms with Gasteiger partial charge in [-0.3, -0.25) is 14.4 Å². The zero-order valence-electron chi connectivity index (χ0n) is 14.5. The molecule has 0 spiro atoms. The van der Waals surface area contributed by atoms with E-state index in [1.165, 1.54) is 32.7 Å². The Kier molecular flexibility index (Phi) is 6.31. The van der Waals surface area contributed by atoms with Gasteiger partial charge in [-0.2, -0.15) is 0 Å². The standard InChI is InChI=1S/C18H25FN2O3/c1-12-5-4-6-13(9-12)10-17(22)20-16-8-7-14(19)11-15(16)18(23)21(2)24-3/h7-8,11-13H,4-6,9-10H2,1-3H3,(H,20,22). The maximum Gasteiger partial charge on any atom is 0.279 e. The maximum atomic E-state index is 13.5. The molecule has 6 heteroatoms. The lowest BCUT2D eigenvalue weighted by Crippen LogP contribution is -2.27. The number of hydroxylamine groups is 2. The van der Waals surface area contributed by atoms with E-state index >= 15 is 0 Å². The largest absolute Gasteiger partial charge is 0.325 e. The summed E-state index contributed by atoms with van der Waals surface area (Å²) < 4.78 is 13.5. The van der Waals surface area contributed by atoms with E-state index in [1.807, 2.05) is 0 Å². The van der Waals surface area contributed by atoms with Crippen molar-refractivity contribution in [1.82, 2.24) is 5.06 Å². The number of nitrogens with one attached hydrogen (secondary N) is 1. The van der Waals surface area contributed by atoms with Crippen LogP contribution in [0.1, 0.15) is 49.4 Å². The van der Waals surface area contributed by atoms with Crippen LogP contribution in [-0.2, 0) is 9.63 Å². The second kappa shape index (κ2) is 8.24. The van der Waals surface area contributed by atoms with Crippen LogP contribution in [0, 0.1) is 17.7 Å². The second-order valence-corrected chi connectivity index (χ2v) is 6.57. The molecule has 132 valence electrons. The number of hydrogen-bond donors (Lipinski definition) is 1. The first-order valence-electron chi connectivity index (χ1n) is 8.32. The zero-order valence-corrected chi connectivity index (χ0v) is 14.5. The molecule has 0 radical (unpaired) electrons. The lowest BCUT2D eigenvalue weighted by Gasteiger charge is -2.26. The highest BCUT2D eigenvalue weighted by Gasteiger charge is 2.23. The van der Waals surface area contributed by atoms with Gasteiger partial charge in [0.15, 0.2) is 0 Å². The Morgan fingerprint density at radius 3 is 2.79 bits per heavy atom. The maximum absolute atomic E-state index is 13.5.